The van der Waals surface area contributed by atoms with Gasteiger partial charge in [-0.1, -0.05) is 0 Å². The number of anilines is 3. The maximum absolute atomic E-state index is 13.3. The van der Waals surface area contributed by atoms with Crippen LogP contribution in [0.3, 0.4) is 0 Å². The molecule has 2 atom stereocenters. The highest BCUT2D eigenvalue weighted by molar-refractivity contribution is 6.05. The molecule has 3 aromatic rings. The summed E-state index contributed by atoms with van der Waals surface area (Å²) in [6.07, 6.45) is -0.520. The van der Waals surface area contributed by atoms with Crippen LogP contribution in [0.25, 0.3) is 11.0 Å². The molecule has 5 heterocycles. The molecule has 0 spiro atoms. The number of hydrogen-bond acceptors (Lipinski definition) is 6. The zero-order valence-corrected chi connectivity index (χ0v) is 18.3. The summed E-state index contributed by atoms with van der Waals surface area (Å²) in [7, 11) is 0. The van der Waals surface area contributed by atoms with Gasteiger partial charge in [0.1, 0.15) is 17.4 Å². The summed E-state index contributed by atoms with van der Waals surface area (Å²) in [5, 5.41) is 5.41. The van der Waals surface area contributed by atoms with E-state index in [1.165, 1.54) is 11.0 Å². The number of pyridine rings is 1. The Morgan fingerprint density at radius 2 is 2.06 bits per heavy atom. The van der Waals surface area contributed by atoms with Gasteiger partial charge in [-0.25, -0.2) is 14.8 Å². The standard InChI is InChI=1S/C21H21F3N8O2/c1-10-7-25-16-13(10)8-26-19(29-16)30-20(34)32-12-5-6-31(9-12)15-4-3-14(28-17(15)32)18(33)27-11(2)21(22,23)24/h3-4,7-8,11-12H,5-6,9H2,1-2H3,(H,27,33)(H2,25,26,29,30,34)/t11-,12+/m1/s1. The molecule has 0 radical (unpaired) electrons. The van der Waals surface area contributed by atoms with Gasteiger partial charge in [0.15, 0.2) is 5.82 Å². The van der Waals surface area contributed by atoms with Gasteiger partial charge in [-0.15, -0.1) is 0 Å². The van der Waals surface area contributed by atoms with Crippen LogP contribution in [0.2, 0.25) is 0 Å². The Kier molecular flexibility index (Phi) is 5.06. The molecule has 0 aromatic carbocycles. The first-order chi connectivity index (χ1) is 16.1. The van der Waals surface area contributed by atoms with E-state index in [0.29, 0.717) is 30.8 Å². The van der Waals surface area contributed by atoms with Gasteiger partial charge in [-0.05, 0) is 38.0 Å². The van der Waals surface area contributed by atoms with E-state index in [0.717, 1.165) is 17.9 Å². The van der Waals surface area contributed by atoms with Crippen molar-refractivity contribution in [3.05, 3.63) is 35.8 Å². The fourth-order valence-electron chi connectivity index (χ4n) is 4.20. The first-order valence-corrected chi connectivity index (χ1v) is 10.7. The molecule has 10 nitrogen and oxygen atoms in total. The zero-order chi connectivity index (χ0) is 24.2. The Morgan fingerprint density at radius 1 is 1.26 bits per heavy atom. The van der Waals surface area contributed by atoms with E-state index >= 15 is 0 Å². The third kappa shape index (κ3) is 3.76. The number of aryl methyl sites for hydroxylation is 1. The second kappa shape index (κ2) is 7.85. The smallest absolute Gasteiger partial charge is 0.366 e. The molecule has 0 aliphatic carbocycles. The Bertz CT molecular complexity index is 1290. The van der Waals surface area contributed by atoms with Crippen LogP contribution in [-0.4, -0.2) is 63.2 Å². The van der Waals surface area contributed by atoms with Crippen LogP contribution in [0, 0.1) is 6.92 Å². The van der Waals surface area contributed by atoms with Crippen molar-refractivity contribution in [3.63, 3.8) is 0 Å². The Morgan fingerprint density at radius 3 is 2.82 bits per heavy atom. The van der Waals surface area contributed by atoms with E-state index in [-0.39, 0.29) is 23.5 Å². The van der Waals surface area contributed by atoms with Gasteiger partial charge in [0, 0.05) is 30.9 Å². The van der Waals surface area contributed by atoms with Crippen LogP contribution >= 0.6 is 0 Å². The highest BCUT2D eigenvalue weighted by atomic mass is 19.4. The van der Waals surface area contributed by atoms with Crippen molar-refractivity contribution < 1.29 is 22.8 Å². The maximum Gasteiger partial charge on any atom is 0.408 e. The third-order valence-corrected chi connectivity index (χ3v) is 6.10. The molecular weight excluding hydrogens is 453 g/mol. The third-order valence-electron chi connectivity index (χ3n) is 6.10. The lowest BCUT2D eigenvalue weighted by molar-refractivity contribution is -0.149. The number of halogens is 3. The van der Waals surface area contributed by atoms with Gasteiger partial charge < -0.3 is 15.2 Å². The second-order valence-corrected chi connectivity index (χ2v) is 8.39. The van der Waals surface area contributed by atoms with Gasteiger partial charge in [0.05, 0.1) is 11.7 Å². The fourth-order valence-corrected chi connectivity index (χ4v) is 4.20. The number of carbonyl (C=O) groups excluding carboxylic acids is 2. The summed E-state index contributed by atoms with van der Waals surface area (Å²) in [6, 6.07) is 0.159. The van der Waals surface area contributed by atoms with Crippen molar-refractivity contribution in [2.75, 3.05) is 28.2 Å². The quantitative estimate of drug-likeness (QED) is 0.537. The number of alkyl halides is 3. The predicted octanol–water partition coefficient (Wildman–Crippen LogP) is 2.97. The van der Waals surface area contributed by atoms with Crippen LogP contribution < -0.4 is 20.4 Å². The Hall–Kier alpha value is -3.90. The molecule has 2 aliphatic heterocycles. The van der Waals surface area contributed by atoms with E-state index in [9.17, 15) is 22.8 Å². The van der Waals surface area contributed by atoms with Crippen LogP contribution in [-0.2, 0) is 0 Å². The largest absolute Gasteiger partial charge is 0.408 e. The normalized spacial score (nSPS) is 18.1. The number of hydrogen-bond donors (Lipinski definition) is 3. The maximum atomic E-state index is 13.3. The number of nitrogens with zero attached hydrogens (tertiary/aromatic N) is 5. The average Bonchev–Trinajstić information content (AvgIpc) is 3.37. The van der Waals surface area contributed by atoms with Crippen molar-refractivity contribution in [2.24, 2.45) is 0 Å². The van der Waals surface area contributed by atoms with E-state index in [2.05, 4.69) is 25.3 Å². The lowest BCUT2D eigenvalue weighted by Gasteiger charge is -2.35. The van der Waals surface area contributed by atoms with Gasteiger partial charge in [0.25, 0.3) is 5.91 Å². The number of H-pyrrole nitrogens is 1. The van der Waals surface area contributed by atoms with Crippen molar-refractivity contribution in [3.8, 4) is 0 Å². The number of amides is 3. The van der Waals surface area contributed by atoms with E-state index in [4.69, 9.17) is 0 Å². The van der Waals surface area contributed by atoms with E-state index in [1.807, 2.05) is 17.1 Å². The predicted molar refractivity (Wildman–Crippen MR) is 118 cm³/mol. The number of urea groups is 1. The molecule has 3 N–H and O–H groups in total. The molecule has 3 aromatic heterocycles. The topological polar surface area (TPSA) is 119 Å². The van der Waals surface area contributed by atoms with Crippen LogP contribution in [0.1, 0.15) is 29.4 Å². The van der Waals surface area contributed by atoms with Crippen molar-refractivity contribution in [2.45, 2.75) is 38.5 Å². The Balaban J connectivity index is 1.43. The van der Waals surface area contributed by atoms with E-state index < -0.39 is 24.2 Å². The van der Waals surface area contributed by atoms with E-state index in [1.54, 1.807) is 18.5 Å². The lowest BCUT2D eigenvalue weighted by atomic mass is 10.1. The molecule has 1 fully saturated rings. The molecule has 1 saturated heterocycles. The molecular formula is C21H21F3N8O2. The molecule has 0 unspecified atom stereocenters. The molecule has 13 heteroatoms. The minimum atomic E-state index is -4.58. The van der Waals surface area contributed by atoms with Crippen LogP contribution in [0.4, 0.5) is 35.4 Å². The van der Waals surface area contributed by atoms with Crippen molar-refractivity contribution in [1.29, 1.82) is 0 Å². The molecule has 3 amide bonds. The van der Waals surface area contributed by atoms with Gasteiger partial charge in [0.2, 0.25) is 5.95 Å². The molecule has 2 aliphatic rings. The summed E-state index contributed by atoms with van der Waals surface area (Å²) in [5.74, 6) is -0.679. The van der Waals surface area contributed by atoms with Crippen molar-refractivity contribution in [1.82, 2.24) is 25.3 Å². The summed E-state index contributed by atoms with van der Waals surface area (Å²) >= 11 is 0. The van der Waals surface area contributed by atoms with Gasteiger partial charge in [-0.3, -0.25) is 15.0 Å². The molecule has 0 saturated carbocycles. The lowest BCUT2D eigenvalue weighted by Crippen LogP contribution is -2.49. The number of rotatable bonds is 3. The van der Waals surface area contributed by atoms with Crippen LogP contribution in [0.15, 0.2) is 24.5 Å². The first kappa shape index (κ1) is 21.9. The number of nitrogens with one attached hydrogen (secondary N) is 3. The minimum Gasteiger partial charge on any atom is -0.366 e. The fraction of sp³-hybridized carbons (Fsp3) is 0.381. The van der Waals surface area contributed by atoms with Gasteiger partial charge in [-0.2, -0.15) is 18.2 Å². The molecule has 2 bridgehead atoms. The molecule has 178 valence electrons. The number of aromatic nitrogens is 4. The Labute approximate surface area is 191 Å². The first-order valence-electron chi connectivity index (χ1n) is 10.7. The summed E-state index contributed by atoms with van der Waals surface area (Å²) in [6.45, 7) is 4.02. The summed E-state index contributed by atoms with van der Waals surface area (Å²) in [4.78, 5) is 45.0. The second-order valence-electron chi connectivity index (χ2n) is 8.39. The highest BCUT2D eigenvalue weighted by Crippen LogP contribution is 2.39. The SMILES string of the molecule is Cc1c[nH]c2nc(NC(=O)N3c4nc(C(=O)N[C@H](C)C(F)(F)F)ccc4N4CC[C@H]3C4)ncc12. The number of fused-ring (bicyclic) bond motifs is 5. The van der Waals surface area contributed by atoms with Gasteiger partial charge >= 0.3 is 12.2 Å². The number of carbonyl (C=O) groups is 2. The average molecular weight is 474 g/mol. The highest BCUT2D eigenvalue weighted by Gasteiger charge is 2.41. The summed E-state index contributed by atoms with van der Waals surface area (Å²) in [5.41, 5.74) is 1.96. The van der Waals surface area contributed by atoms with Crippen molar-refractivity contribution >= 4 is 40.4 Å². The number of aromatic amines is 1. The monoisotopic (exact) mass is 474 g/mol. The molecule has 34 heavy (non-hydrogen) atoms. The molecule has 5 rings (SSSR count). The van der Waals surface area contributed by atoms with Crippen LogP contribution in [0.5, 0.6) is 0 Å². The zero-order valence-electron chi connectivity index (χ0n) is 18.3. The summed E-state index contributed by atoms with van der Waals surface area (Å²) < 4.78 is 38.6. The minimum absolute atomic E-state index is 0.0919.